The Balaban J connectivity index is 0.00000288. The minimum atomic E-state index is -1.25. The normalized spacial score (nSPS) is 17.6. The molecule has 0 heterocycles. The van der Waals surface area contributed by atoms with Crippen LogP contribution in [-0.2, 0) is 4.79 Å². The summed E-state index contributed by atoms with van der Waals surface area (Å²) in [5, 5.41) is 20.2. The molecule has 0 unspecified atom stereocenters. The van der Waals surface area contributed by atoms with E-state index in [1.54, 1.807) is 24.3 Å². The van der Waals surface area contributed by atoms with Crippen LogP contribution in [0.25, 0.3) is 0 Å². The van der Waals surface area contributed by atoms with Crippen molar-refractivity contribution in [3.8, 4) is 11.5 Å². The molecule has 0 bridgehead atoms. The number of carbonyl (C=O) groups excluding carboxylic acids is 1. The van der Waals surface area contributed by atoms with Gasteiger partial charge >= 0.3 is 29.6 Å². The van der Waals surface area contributed by atoms with Gasteiger partial charge in [-0.25, -0.2) is 0 Å². The van der Waals surface area contributed by atoms with E-state index in [-0.39, 0.29) is 43.2 Å². The third-order valence-corrected chi connectivity index (χ3v) is 5.71. The molecule has 124 valence electrons. The van der Waals surface area contributed by atoms with E-state index in [1.165, 1.54) is 0 Å². The maximum absolute atomic E-state index is 10.8. The van der Waals surface area contributed by atoms with E-state index >= 15 is 0 Å². The van der Waals surface area contributed by atoms with Crippen molar-refractivity contribution in [3.63, 3.8) is 0 Å². The Kier molecular flexibility index (Phi) is 9.32. The van der Waals surface area contributed by atoms with Crippen LogP contribution in [0.4, 0.5) is 0 Å². The number of phenols is 1. The van der Waals surface area contributed by atoms with Gasteiger partial charge in [0.15, 0.2) is 0 Å². The number of carboxylic acids is 1. The largest absolute Gasteiger partial charge is 1.00 e. The first-order valence-electron chi connectivity index (χ1n) is 6.60. The van der Waals surface area contributed by atoms with Crippen molar-refractivity contribution < 1.29 is 49.3 Å². The second kappa shape index (κ2) is 9.74. The quantitative estimate of drug-likeness (QED) is 0.256. The van der Waals surface area contributed by atoms with Gasteiger partial charge in [-0.1, -0.05) is 50.8 Å². The first-order valence-corrected chi connectivity index (χ1v) is 9.83. The standard InChI is InChI=1S/C15H14I3NO4.Na/c16-11-5-8(6-12(19)14(21)22)7-15(17,18)13(11)23-10-3-1-9(20)2-4-10;/h1-5,12,20H,6-7,19H2,(H,21,22);/q;+1/p-1/t12-;/m0./s1. The van der Waals surface area contributed by atoms with Crippen LogP contribution in [-0.4, -0.2) is 18.5 Å². The van der Waals surface area contributed by atoms with Gasteiger partial charge in [-0.3, -0.25) is 0 Å². The minimum Gasteiger partial charge on any atom is -0.548 e. The SMILES string of the molecule is N[C@@H](CC1=CC(I)=C(Oc2ccc(O)cc2)C(I)(I)C1)C(=O)[O-].[Na+]. The summed E-state index contributed by atoms with van der Waals surface area (Å²) < 4.78 is 6.53. The predicted octanol–water partition coefficient (Wildman–Crippen LogP) is -0.215. The van der Waals surface area contributed by atoms with Crippen LogP contribution in [0.3, 0.4) is 0 Å². The molecule has 24 heavy (non-hydrogen) atoms. The summed E-state index contributed by atoms with van der Waals surface area (Å²) >= 11 is 6.74. The van der Waals surface area contributed by atoms with Crippen LogP contribution in [0.2, 0.25) is 0 Å². The molecule has 0 spiro atoms. The Morgan fingerprint density at radius 2 is 1.96 bits per heavy atom. The van der Waals surface area contributed by atoms with Gasteiger partial charge < -0.3 is 25.5 Å². The molecule has 1 aromatic rings. The van der Waals surface area contributed by atoms with Gasteiger partial charge in [0.2, 0.25) is 0 Å². The van der Waals surface area contributed by atoms with Gasteiger partial charge in [0.25, 0.3) is 0 Å². The van der Waals surface area contributed by atoms with E-state index < -0.39 is 12.0 Å². The number of rotatable bonds is 5. The number of aliphatic carboxylic acids is 1. The van der Waals surface area contributed by atoms with Crippen LogP contribution in [0.5, 0.6) is 11.5 Å². The summed E-state index contributed by atoms with van der Waals surface area (Å²) in [6, 6.07) is 5.51. The molecule has 3 N–H and O–H groups in total. The summed E-state index contributed by atoms with van der Waals surface area (Å²) in [6.45, 7) is 0. The Morgan fingerprint density at radius 1 is 1.38 bits per heavy atom. The third kappa shape index (κ3) is 6.27. The smallest absolute Gasteiger partial charge is 0.548 e. The molecule has 0 radical (unpaired) electrons. The van der Waals surface area contributed by atoms with Crippen molar-refractivity contribution in [1.82, 2.24) is 0 Å². The van der Waals surface area contributed by atoms with E-state index in [4.69, 9.17) is 10.5 Å². The Hall–Kier alpha value is 0.920. The zero-order chi connectivity index (χ0) is 17.2. The van der Waals surface area contributed by atoms with Crippen LogP contribution in [0.15, 0.2) is 45.3 Å². The molecule has 0 saturated heterocycles. The summed E-state index contributed by atoms with van der Waals surface area (Å²) in [5.74, 6) is 0.352. The molecule has 0 amide bonds. The number of hydrogen-bond acceptors (Lipinski definition) is 5. The number of halogens is 3. The van der Waals surface area contributed by atoms with Gasteiger partial charge in [0.05, 0.1) is 9.55 Å². The molecule has 1 aromatic carbocycles. The zero-order valence-corrected chi connectivity index (χ0v) is 21.2. The van der Waals surface area contributed by atoms with Crippen LogP contribution in [0, 0.1) is 0 Å². The summed E-state index contributed by atoms with van der Waals surface area (Å²) in [4.78, 5) is 10.8. The van der Waals surface area contributed by atoms with Gasteiger partial charge in [0, 0.05) is 6.04 Å². The molecular formula is C15H13I3NNaO4. The first-order chi connectivity index (χ1) is 10.7. The second-order valence-electron chi connectivity index (χ2n) is 5.09. The fourth-order valence-electron chi connectivity index (χ4n) is 2.09. The topological polar surface area (TPSA) is 95.6 Å². The molecule has 2 rings (SSSR count). The Bertz CT molecular complexity index is 674. The van der Waals surface area contributed by atoms with Gasteiger partial charge in [-0.05, 0) is 65.8 Å². The van der Waals surface area contributed by atoms with E-state index in [1.807, 2.05) is 6.08 Å². The van der Waals surface area contributed by atoms with Crippen molar-refractivity contribution in [2.45, 2.75) is 20.3 Å². The van der Waals surface area contributed by atoms with Crippen LogP contribution < -0.4 is 45.1 Å². The molecule has 5 nitrogen and oxygen atoms in total. The number of carboxylic acid groups (broad SMARTS) is 1. The maximum Gasteiger partial charge on any atom is 1.00 e. The zero-order valence-electron chi connectivity index (χ0n) is 12.8. The van der Waals surface area contributed by atoms with E-state index in [2.05, 4.69) is 67.8 Å². The number of nitrogens with two attached hydrogens (primary N) is 1. The number of alkyl halides is 2. The van der Waals surface area contributed by atoms with E-state index in [0.29, 0.717) is 12.2 Å². The summed E-state index contributed by atoms with van der Waals surface area (Å²) in [7, 11) is 0. The number of benzene rings is 1. The fourth-order valence-corrected chi connectivity index (χ4v) is 5.91. The second-order valence-corrected chi connectivity index (χ2v) is 12.0. The van der Waals surface area contributed by atoms with Crippen molar-refractivity contribution in [2.75, 3.05) is 0 Å². The number of hydrogen-bond donors (Lipinski definition) is 2. The van der Waals surface area contributed by atoms with Gasteiger partial charge in [0.1, 0.15) is 18.7 Å². The van der Waals surface area contributed by atoms with Gasteiger partial charge in [-0.15, -0.1) is 0 Å². The summed E-state index contributed by atoms with van der Waals surface area (Å²) in [6.07, 6.45) is 2.80. The van der Waals surface area contributed by atoms with Crippen molar-refractivity contribution in [2.24, 2.45) is 5.73 Å². The minimum absolute atomic E-state index is 0. The van der Waals surface area contributed by atoms with Crippen molar-refractivity contribution in [1.29, 1.82) is 0 Å². The molecule has 0 fully saturated rings. The number of allylic oxidation sites excluding steroid dienone is 3. The molecule has 0 aliphatic heterocycles. The predicted molar refractivity (Wildman–Crippen MR) is 111 cm³/mol. The van der Waals surface area contributed by atoms with Crippen molar-refractivity contribution >= 4 is 73.7 Å². The fraction of sp³-hybridized carbons (Fsp3) is 0.267. The number of ether oxygens (including phenoxy) is 1. The van der Waals surface area contributed by atoms with E-state index in [0.717, 1.165) is 14.9 Å². The summed E-state index contributed by atoms with van der Waals surface area (Å²) in [5.41, 5.74) is 6.52. The number of phenolic OH excluding ortho intramolecular Hbond substituents is 1. The first kappa shape index (κ1) is 23.0. The molecule has 1 aliphatic carbocycles. The number of aromatic hydroxyl groups is 1. The number of carbonyl (C=O) groups is 1. The average molecular weight is 675 g/mol. The molecule has 1 atom stereocenters. The monoisotopic (exact) mass is 675 g/mol. The van der Waals surface area contributed by atoms with Gasteiger partial charge in [-0.2, -0.15) is 0 Å². The van der Waals surface area contributed by atoms with Crippen LogP contribution in [0.1, 0.15) is 12.8 Å². The Labute approximate surface area is 203 Å². The average Bonchev–Trinajstić information content (AvgIpc) is 2.44. The molecule has 9 heteroatoms. The van der Waals surface area contributed by atoms with E-state index in [9.17, 15) is 15.0 Å². The third-order valence-electron chi connectivity index (χ3n) is 3.17. The maximum atomic E-state index is 10.8. The van der Waals surface area contributed by atoms with Crippen molar-refractivity contribution in [3.05, 3.63) is 45.3 Å². The molecule has 1 aliphatic rings. The van der Waals surface area contributed by atoms with Crippen LogP contribution >= 0.6 is 67.8 Å². The molecular weight excluding hydrogens is 662 g/mol. The Morgan fingerprint density at radius 3 is 2.46 bits per heavy atom. The molecule has 0 saturated carbocycles. The molecule has 0 aromatic heterocycles.